The Balaban J connectivity index is 1.79. The lowest BCUT2D eigenvalue weighted by Gasteiger charge is -1.96. The van der Waals surface area contributed by atoms with Gasteiger partial charge in [-0.2, -0.15) is 4.98 Å². The van der Waals surface area contributed by atoms with E-state index in [1.807, 2.05) is 25.1 Å². The number of nitrogen functional groups attached to an aromatic ring is 1. The van der Waals surface area contributed by atoms with Gasteiger partial charge in [0.2, 0.25) is 5.82 Å². The highest BCUT2D eigenvalue weighted by Crippen LogP contribution is 2.42. The van der Waals surface area contributed by atoms with Crippen molar-refractivity contribution in [3.05, 3.63) is 34.3 Å². The molecule has 4 rings (SSSR count). The van der Waals surface area contributed by atoms with Gasteiger partial charge in [-0.3, -0.25) is 0 Å². The van der Waals surface area contributed by atoms with E-state index < -0.39 is 0 Å². The molecular weight excluding hydrogens is 284 g/mol. The van der Waals surface area contributed by atoms with Crippen LogP contribution in [-0.2, 0) is 12.8 Å². The van der Waals surface area contributed by atoms with Gasteiger partial charge in [-0.05, 0) is 43.9 Å². The van der Waals surface area contributed by atoms with E-state index >= 15 is 0 Å². The molecule has 1 aliphatic rings. The van der Waals surface area contributed by atoms with Crippen molar-refractivity contribution in [3.63, 3.8) is 0 Å². The highest BCUT2D eigenvalue weighted by molar-refractivity contribution is 7.16. The third-order valence-electron chi connectivity index (χ3n) is 3.71. The predicted octanol–water partition coefficient (Wildman–Crippen LogP) is 3.24. The van der Waals surface area contributed by atoms with Crippen molar-refractivity contribution < 1.29 is 4.52 Å². The van der Waals surface area contributed by atoms with Crippen molar-refractivity contribution in [3.8, 4) is 23.0 Å². The highest BCUT2D eigenvalue weighted by atomic mass is 32.1. The van der Waals surface area contributed by atoms with Gasteiger partial charge in [0.15, 0.2) is 0 Å². The van der Waals surface area contributed by atoms with E-state index in [4.69, 9.17) is 10.3 Å². The molecule has 0 aliphatic heterocycles. The van der Waals surface area contributed by atoms with Crippen LogP contribution < -0.4 is 5.73 Å². The highest BCUT2D eigenvalue weighted by Gasteiger charge is 2.25. The van der Waals surface area contributed by atoms with Crippen molar-refractivity contribution in [1.82, 2.24) is 15.1 Å². The number of thiophene rings is 1. The van der Waals surface area contributed by atoms with Crippen molar-refractivity contribution in [2.75, 3.05) is 5.73 Å². The molecule has 0 fully saturated rings. The normalized spacial score (nSPS) is 13.6. The van der Waals surface area contributed by atoms with E-state index in [-0.39, 0.29) is 0 Å². The van der Waals surface area contributed by atoms with Gasteiger partial charge in [-0.25, -0.2) is 4.98 Å². The van der Waals surface area contributed by atoms with Crippen LogP contribution >= 0.6 is 11.3 Å². The topological polar surface area (TPSA) is 77.8 Å². The first-order chi connectivity index (χ1) is 10.2. The van der Waals surface area contributed by atoms with E-state index in [0.29, 0.717) is 11.7 Å². The fourth-order valence-corrected chi connectivity index (χ4v) is 3.91. The van der Waals surface area contributed by atoms with Gasteiger partial charge in [-0.1, -0.05) is 11.2 Å². The average molecular weight is 298 g/mol. The van der Waals surface area contributed by atoms with Gasteiger partial charge in [0.05, 0.1) is 10.6 Å². The fraction of sp³-hybridized carbons (Fsp3) is 0.267. The summed E-state index contributed by atoms with van der Waals surface area (Å²) in [4.78, 5) is 10.3. The first-order valence-electron chi connectivity index (χ1n) is 6.90. The van der Waals surface area contributed by atoms with E-state index in [0.717, 1.165) is 34.8 Å². The number of nitrogens with two attached hydrogens (primary N) is 1. The smallest absolute Gasteiger partial charge is 0.261 e. The second-order valence-electron chi connectivity index (χ2n) is 5.18. The summed E-state index contributed by atoms with van der Waals surface area (Å²) >= 11 is 1.64. The Morgan fingerprint density at radius 1 is 1.24 bits per heavy atom. The summed E-state index contributed by atoms with van der Waals surface area (Å²) in [7, 11) is 0. The van der Waals surface area contributed by atoms with Gasteiger partial charge < -0.3 is 10.3 Å². The minimum Gasteiger partial charge on any atom is -0.390 e. The summed E-state index contributed by atoms with van der Waals surface area (Å²) in [5.74, 6) is 1.01. The summed E-state index contributed by atoms with van der Waals surface area (Å²) in [6, 6.07) is 5.75. The number of pyridine rings is 1. The monoisotopic (exact) mass is 298 g/mol. The standard InChI is InChI=1S/C15H14N4OS/c1-8-4-2-6-10(17-8)14-18-15(20-19-14)12-9-5-3-7-11(9)21-13(12)16/h2,4,6H,3,5,7,16H2,1H3. The van der Waals surface area contributed by atoms with E-state index in [2.05, 4.69) is 15.1 Å². The maximum Gasteiger partial charge on any atom is 0.261 e. The number of aryl methyl sites for hydroxylation is 2. The summed E-state index contributed by atoms with van der Waals surface area (Å²) in [5, 5.41) is 4.82. The van der Waals surface area contributed by atoms with Crippen molar-refractivity contribution in [1.29, 1.82) is 0 Å². The largest absolute Gasteiger partial charge is 0.390 e. The molecule has 0 spiro atoms. The summed E-state index contributed by atoms with van der Waals surface area (Å²) in [6.45, 7) is 1.94. The van der Waals surface area contributed by atoms with Crippen LogP contribution in [0.1, 0.15) is 22.6 Å². The van der Waals surface area contributed by atoms with Crippen LogP contribution in [0.25, 0.3) is 23.0 Å². The lowest BCUT2D eigenvalue weighted by atomic mass is 10.1. The molecule has 0 amide bonds. The fourth-order valence-electron chi connectivity index (χ4n) is 2.76. The van der Waals surface area contributed by atoms with Gasteiger partial charge in [0.1, 0.15) is 5.69 Å². The van der Waals surface area contributed by atoms with Crippen LogP contribution in [0.5, 0.6) is 0 Å². The van der Waals surface area contributed by atoms with E-state index in [9.17, 15) is 0 Å². The molecule has 0 aromatic carbocycles. The summed E-state index contributed by atoms with van der Waals surface area (Å²) < 4.78 is 5.43. The molecule has 0 bridgehead atoms. The second-order valence-corrected chi connectivity index (χ2v) is 6.32. The Hall–Kier alpha value is -2.21. The molecule has 0 saturated carbocycles. The van der Waals surface area contributed by atoms with Crippen molar-refractivity contribution in [2.24, 2.45) is 0 Å². The maximum absolute atomic E-state index is 6.13. The molecule has 106 valence electrons. The zero-order valence-corrected chi connectivity index (χ0v) is 12.4. The Morgan fingerprint density at radius 2 is 2.14 bits per heavy atom. The number of fused-ring (bicyclic) bond motifs is 1. The molecule has 0 unspecified atom stereocenters. The van der Waals surface area contributed by atoms with Crippen LogP contribution in [0.15, 0.2) is 22.7 Å². The average Bonchev–Trinajstić information content (AvgIpc) is 3.14. The zero-order valence-electron chi connectivity index (χ0n) is 11.6. The molecule has 3 aromatic heterocycles. The van der Waals surface area contributed by atoms with Crippen LogP contribution in [0.2, 0.25) is 0 Å². The molecule has 6 heteroatoms. The number of rotatable bonds is 2. The van der Waals surface area contributed by atoms with Crippen LogP contribution in [0.3, 0.4) is 0 Å². The number of hydrogen-bond acceptors (Lipinski definition) is 6. The molecule has 0 saturated heterocycles. The zero-order chi connectivity index (χ0) is 14.4. The van der Waals surface area contributed by atoms with E-state index in [1.54, 1.807) is 11.3 Å². The van der Waals surface area contributed by atoms with E-state index in [1.165, 1.54) is 16.9 Å². The summed E-state index contributed by atoms with van der Waals surface area (Å²) in [5.41, 5.74) is 9.99. The van der Waals surface area contributed by atoms with Crippen molar-refractivity contribution >= 4 is 16.3 Å². The molecule has 2 N–H and O–H groups in total. The molecule has 0 radical (unpaired) electrons. The molecule has 5 nitrogen and oxygen atoms in total. The molecular formula is C15H14N4OS. The Labute approximate surface area is 125 Å². The third kappa shape index (κ3) is 2.03. The number of aromatic nitrogens is 3. The third-order valence-corrected chi connectivity index (χ3v) is 4.83. The lowest BCUT2D eigenvalue weighted by molar-refractivity contribution is 0.432. The first-order valence-corrected chi connectivity index (χ1v) is 7.72. The molecule has 21 heavy (non-hydrogen) atoms. The number of anilines is 1. The maximum atomic E-state index is 6.13. The van der Waals surface area contributed by atoms with Gasteiger partial charge in [0, 0.05) is 10.6 Å². The second kappa shape index (κ2) is 4.66. The minimum atomic E-state index is 0.505. The number of hydrogen-bond donors (Lipinski definition) is 1. The Morgan fingerprint density at radius 3 is 3.00 bits per heavy atom. The first kappa shape index (κ1) is 12.5. The molecule has 0 atom stereocenters. The summed E-state index contributed by atoms with van der Waals surface area (Å²) in [6.07, 6.45) is 3.32. The van der Waals surface area contributed by atoms with Gasteiger partial charge in [0.25, 0.3) is 5.89 Å². The predicted molar refractivity (Wildman–Crippen MR) is 82.0 cm³/mol. The van der Waals surface area contributed by atoms with Gasteiger partial charge >= 0.3 is 0 Å². The van der Waals surface area contributed by atoms with Gasteiger partial charge in [-0.15, -0.1) is 11.3 Å². The Bertz CT molecular complexity index is 821. The van der Waals surface area contributed by atoms with Crippen molar-refractivity contribution in [2.45, 2.75) is 26.2 Å². The van der Waals surface area contributed by atoms with Crippen LogP contribution in [0, 0.1) is 6.92 Å². The minimum absolute atomic E-state index is 0.505. The van der Waals surface area contributed by atoms with Crippen LogP contribution in [0.4, 0.5) is 5.00 Å². The molecule has 3 heterocycles. The number of nitrogens with zero attached hydrogens (tertiary/aromatic N) is 3. The quantitative estimate of drug-likeness (QED) is 0.785. The Kier molecular flexibility index (Phi) is 2.78. The van der Waals surface area contributed by atoms with Crippen LogP contribution in [-0.4, -0.2) is 15.1 Å². The molecule has 3 aromatic rings. The molecule has 1 aliphatic carbocycles. The SMILES string of the molecule is Cc1cccc(-c2noc(-c3c(N)sc4c3CCC4)n2)n1. The lowest BCUT2D eigenvalue weighted by Crippen LogP contribution is -1.90.